The number of hydrogen-bond donors (Lipinski definition) is 3. The number of nitrogens with one attached hydrogen (secondary N) is 2. The van der Waals surface area contributed by atoms with E-state index in [9.17, 15) is 4.79 Å². The molecular weight excluding hydrogens is 240 g/mol. The summed E-state index contributed by atoms with van der Waals surface area (Å²) in [7, 11) is 0. The number of hydrogen-bond acceptors (Lipinski definition) is 4. The maximum absolute atomic E-state index is 11.9. The van der Waals surface area contributed by atoms with Gasteiger partial charge in [-0.05, 0) is 37.6 Å². The van der Waals surface area contributed by atoms with Crippen LogP contribution in [0.25, 0.3) is 0 Å². The number of carbonyl (C=O) groups excluding carboxylic acids is 1. The van der Waals surface area contributed by atoms with E-state index in [1.165, 1.54) is 6.20 Å². The predicted octanol–water partition coefficient (Wildman–Crippen LogP) is 2.00. The smallest absolute Gasteiger partial charge is 0.267 e. The van der Waals surface area contributed by atoms with E-state index in [-0.39, 0.29) is 11.6 Å². The van der Waals surface area contributed by atoms with Crippen molar-refractivity contribution in [2.24, 2.45) is 0 Å². The van der Waals surface area contributed by atoms with Gasteiger partial charge in [-0.1, -0.05) is 6.92 Å². The Hall–Kier alpha value is -2.48. The molecule has 5 nitrogen and oxygen atoms in total. The van der Waals surface area contributed by atoms with Crippen LogP contribution in [-0.4, -0.2) is 11.9 Å². The first-order valence-electron chi connectivity index (χ1n) is 6.10. The van der Waals surface area contributed by atoms with Crippen LogP contribution in [0, 0.1) is 11.3 Å². The van der Waals surface area contributed by atoms with E-state index in [1.807, 2.05) is 19.9 Å². The van der Waals surface area contributed by atoms with Crippen molar-refractivity contribution in [2.75, 3.05) is 11.1 Å². The van der Waals surface area contributed by atoms with E-state index in [0.29, 0.717) is 11.4 Å². The Morgan fingerprint density at radius 1 is 1.47 bits per heavy atom. The van der Waals surface area contributed by atoms with Gasteiger partial charge in [0.05, 0.1) is 0 Å². The van der Waals surface area contributed by atoms with Crippen molar-refractivity contribution in [3.8, 4) is 6.07 Å². The third kappa shape index (κ3) is 4.72. The Morgan fingerprint density at radius 3 is 2.63 bits per heavy atom. The monoisotopic (exact) mass is 258 g/mol. The molecule has 0 saturated heterocycles. The first-order valence-corrected chi connectivity index (χ1v) is 6.10. The molecule has 0 bridgehead atoms. The molecule has 4 N–H and O–H groups in total. The predicted molar refractivity (Wildman–Crippen MR) is 76.1 cm³/mol. The second-order valence-corrected chi connectivity index (χ2v) is 4.22. The molecule has 0 spiro atoms. The highest BCUT2D eigenvalue weighted by atomic mass is 16.1. The SMILES string of the molecule is CCC(C)N/C=C(/C#N)C(=O)Nc1ccc(N)cc1. The van der Waals surface area contributed by atoms with Crippen molar-refractivity contribution >= 4 is 17.3 Å². The molecule has 100 valence electrons. The fraction of sp³-hybridized carbons (Fsp3) is 0.286. The molecule has 0 radical (unpaired) electrons. The van der Waals surface area contributed by atoms with Gasteiger partial charge in [-0.25, -0.2) is 0 Å². The van der Waals surface area contributed by atoms with Gasteiger partial charge in [0.25, 0.3) is 5.91 Å². The average Bonchev–Trinajstić information content (AvgIpc) is 2.41. The second-order valence-electron chi connectivity index (χ2n) is 4.22. The summed E-state index contributed by atoms with van der Waals surface area (Å²) in [6.45, 7) is 4.00. The van der Waals surface area contributed by atoms with Crippen molar-refractivity contribution in [1.82, 2.24) is 5.32 Å². The third-order valence-electron chi connectivity index (χ3n) is 2.66. The van der Waals surface area contributed by atoms with Crippen LogP contribution in [-0.2, 0) is 4.79 Å². The van der Waals surface area contributed by atoms with Gasteiger partial charge in [0.15, 0.2) is 0 Å². The average molecular weight is 258 g/mol. The molecule has 19 heavy (non-hydrogen) atoms. The summed E-state index contributed by atoms with van der Waals surface area (Å²) in [5, 5.41) is 14.6. The molecule has 5 heteroatoms. The minimum Gasteiger partial charge on any atom is -0.399 e. The molecule has 1 aromatic carbocycles. The highest BCUT2D eigenvalue weighted by Crippen LogP contribution is 2.11. The zero-order chi connectivity index (χ0) is 14.3. The molecule has 0 fully saturated rings. The van der Waals surface area contributed by atoms with Gasteiger partial charge in [-0.2, -0.15) is 5.26 Å². The molecule has 0 heterocycles. The van der Waals surface area contributed by atoms with Gasteiger partial charge in [0.2, 0.25) is 0 Å². The summed E-state index contributed by atoms with van der Waals surface area (Å²) < 4.78 is 0. The Bertz CT molecular complexity index is 499. The number of nitriles is 1. The molecule has 1 rings (SSSR count). The van der Waals surface area contributed by atoms with E-state index in [4.69, 9.17) is 11.0 Å². The molecule has 1 unspecified atom stereocenters. The number of nitrogens with zero attached hydrogens (tertiary/aromatic N) is 1. The quantitative estimate of drug-likeness (QED) is 0.428. The van der Waals surface area contributed by atoms with Gasteiger partial charge < -0.3 is 16.4 Å². The van der Waals surface area contributed by atoms with Crippen LogP contribution in [0.4, 0.5) is 11.4 Å². The van der Waals surface area contributed by atoms with Crippen LogP contribution in [0.1, 0.15) is 20.3 Å². The van der Waals surface area contributed by atoms with Crippen LogP contribution in [0.2, 0.25) is 0 Å². The van der Waals surface area contributed by atoms with E-state index >= 15 is 0 Å². The topological polar surface area (TPSA) is 90.9 Å². The summed E-state index contributed by atoms with van der Waals surface area (Å²) in [6, 6.07) is 8.83. The summed E-state index contributed by atoms with van der Waals surface area (Å²) >= 11 is 0. The van der Waals surface area contributed by atoms with E-state index in [2.05, 4.69) is 10.6 Å². The van der Waals surface area contributed by atoms with Crippen LogP contribution >= 0.6 is 0 Å². The molecule has 1 aromatic rings. The summed E-state index contributed by atoms with van der Waals surface area (Å²) in [4.78, 5) is 11.9. The Morgan fingerprint density at radius 2 is 2.11 bits per heavy atom. The fourth-order valence-corrected chi connectivity index (χ4v) is 1.26. The van der Waals surface area contributed by atoms with E-state index in [0.717, 1.165) is 6.42 Å². The van der Waals surface area contributed by atoms with Gasteiger partial charge in [0, 0.05) is 23.6 Å². The van der Waals surface area contributed by atoms with Crippen molar-refractivity contribution in [3.05, 3.63) is 36.0 Å². The number of carbonyl (C=O) groups is 1. The minimum atomic E-state index is -0.442. The summed E-state index contributed by atoms with van der Waals surface area (Å²) in [5.74, 6) is -0.442. The van der Waals surface area contributed by atoms with Crippen molar-refractivity contribution < 1.29 is 4.79 Å². The van der Waals surface area contributed by atoms with Crippen LogP contribution in [0.3, 0.4) is 0 Å². The molecule has 0 aliphatic carbocycles. The summed E-state index contributed by atoms with van der Waals surface area (Å²) in [5.41, 5.74) is 6.81. The zero-order valence-electron chi connectivity index (χ0n) is 11.1. The maximum atomic E-state index is 11.9. The first-order chi connectivity index (χ1) is 9.06. The van der Waals surface area contributed by atoms with Gasteiger partial charge in [-0.15, -0.1) is 0 Å². The normalized spacial score (nSPS) is 12.4. The summed E-state index contributed by atoms with van der Waals surface area (Å²) in [6.07, 6.45) is 2.36. The molecule has 0 aromatic heterocycles. The zero-order valence-corrected chi connectivity index (χ0v) is 11.1. The highest BCUT2D eigenvalue weighted by Gasteiger charge is 2.09. The van der Waals surface area contributed by atoms with E-state index < -0.39 is 5.91 Å². The lowest BCUT2D eigenvalue weighted by Gasteiger charge is -2.09. The number of nitrogen functional groups attached to an aromatic ring is 1. The number of nitrogens with two attached hydrogens (primary N) is 1. The largest absolute Gasteiger partial charge is 0.399 e. The minimum absolute atomic E-state index is 0.0390. The number of benzene rings is 1. The van der Waals surface area contributed by atoms with Crippen LogP contribution in [0.5, 0.6) is 0 Å². The van der Waals surface area contributed by atoms with Crippen molar-refractivity contribution in [2.45, 2.75) is 26.3 Å². The number of amides is 1. The molecule has 1 amide bonds. The Kier molecular flexibility index (Phi) is 5.42. The van der Waals surface area contributed by atoms with Crippen LogP contribution in [0.15, 0.2) is 36.0 Å². The van der Waals surface area contributed by atoms with Crippen molar-refractivity contribution in [3.63, 3.8) is 0 Å². The van der Waals surface area contributed by atoms with Gasteiger partial charge in [0.1, 0.15) is 11.6 Å². The molecular formula is C14H18N4O. The third-order valence-corrected chi connectivity index (χ3v) is 2.66. The van der Waals surface area contributed by atoms with Gasteiger partial charge in [-0.3, -0.25) is 4.79 Å². The van der Waals surface area contributed by atoms with Crippen LogP contribution < -0.4 is 16.4 Å². The standard InChI is InChI=1S/C14H18N4O/c1-3-10(2)17-9-11(8-15)14(19)18-13-6-4-12(16)5-7-13/h4-7,9-10,17H,3,16H2,1-2H3,(H,18,19)/b11-9-. The lowest BCUT2D eigenvalue weighted by atomic mass is 10.2. The molecule has 0 aliphatic heterocycles. The molecule has 0 aliphatic rings. The molecule has 1 atom stereocenters. The first kappa shape index (κ1) is 14.6. The van der Waals surface area contributed by atoms with Gasteiger partial charge >= 0.3 is 0 Å². The lowest BCUT2D eigenvalue weighted by Crippen LogP contribution is -2.22. The van der Waals surface area contributed by atoms with Crippen molar-refractivity contribution in [1.29, 1.82) is 5.26 Å². The highest BCUT2D eigenvalue weighted by molar-refractivity contribution is 6.06. The molecule has 0 saturated carbocycles. The maximum Gasteiger partial charge on any atom is 0.267 e. The second kappa shape index (κ2) is 7.07. The Balaban J connectivity index is 2.69. The number of anilines is 2. The lowest BCUT2D eigenvalue weighted by molar-refractivity contribution is -0.112. The van der Waals surface area contributed by atoms with E-state index in [1.54, 1.807) is 24.3 Å². The Labute approximate surface area is 113 Å². The number of rotatable bonds is 5. The fourth-order valence-electron chi connectivity index (χ4n) is 1.26.